The number of aromatic nitrogens is 2. The Balaban J connectivity index is 1.64. The van der Waals surface area contributed by atoms with Crippen molar-refractivity contribution in [3.63, 3.8) is 0 Å². The van der Waals surface area contributed by atoms with Gasteiger partial charge in [0.2, 0.25) is 0 Å². The van der Waals surface area contributed by atoms with Gasteiger partial charge in [0.05, 0.1) is 25.6 Å². The Morgan fingerprint density at radius 2 is 1.79 bits per heavy atom. The highest BCUT2D eigenvalue weighted by Crippen LogP contribution is 2.30. The molecule has 0 saturated heterocycles. The summed E-state index contributed by atoms with van der Waals surface area (Å²) in [4.78, 5) is 24.7. The number of hydrogen-bond acceptors (Lipinski definition) is 6. The van der Waals surface area contributed by atoms with Crippen molar-refractivity contribution in [1.82, 2.24) is 9.78 Å². The Kier molecular flexibility index (Phi) is 7.91. The molecule has 10 heteroatoms. The van der Waals surface area contributed by atoms with E-state index in [1.54, 1.807) is 25.1 Å². The number of ether oxygens (including phenoxy) is 3. The molecule has 3 rings (SSSR count). The van der Waals surface area contributed by atoms with Crippen LogP contribution in [0.4, 0.5) is 10.1 Å². The predicted molar refractivity (Wildman–Crippen MR) is 126 cm³/mol. The van der Waals surface area contributed by atoms with E-state index < -0.39 is 18.0 Å². The van der Waals surface area contributed by atoms with E-state index in [9.17, 15) is 14.0 Å². The van der Waals surface area contributed by atoms with Crippen LogP contribution >= 0.6 is 11.6 Å². The van der Waals surface area contributed by atoms with Crippen molar-refractivity contribution in [3.05, 3.63) is 70.8 Å². The van der Waals surface area contributed by atoms with Crippen LogP contribution in [0, 0.1) is 12.7 Å². The smallest absolute Gasteiger partial charge is 0.331 e. The lowest BCUT2D eigenvalue weighted by molar-refractivity contribution is -0.148. The van der Waals surface area contributed by atoms with Crippen molar-refractivity contribution >= 4 is 35.2 Å². The summed E-state index contributed by atoms with van der Waals surface area (Å²) in [5.41, 5.74) is 2.07. The van der Waals surface area contributed by atoms with Gasteiger partial charge in [0.25, 0.3) is 5.91 Å². The molecule has 0 radical (unpaired) electrons. The van der Waals surface area contributed by atoms with Crippen LogP contribution in [0.15, 0.2) is 48.5 Å². The van der Waals surface area contributed by atoms with Gasteiger partial charge in [0.1, 0.15) is 11.0 Å². The van der Waals surface area contributed by atoms with Crippen molar-refractivity contribution in [1.29, 1.82) is 0 Å². The highest BCUT2D eigenvalue weighted by molar-refractivity contribution is 6.31. The zero-order valence-corrected chi connectivity index (χ0v) is 19.7. The van der Waals surface area contributed by atoms with Gasteiger partial charge in [-0.15, -0.1) is 0 Å². The summed E-state index contributed by atoms with van der Waals surface area (Å²) in [6, 6.07) is 10.5. The van der Waals surface area contributed by atoms with Crippen molar-refractivity contribution < 1.29 is 28.2 Å². The summed E-state index contributed by atoms with van der Waals surface area (Å²) < 4.78 is 30.2. The molecular formula is C24H23ClFN3O5. The average Bonchev–Trinajstić information content (AvgIpc) is 3.11. The second-order valence-electron chi connectivity index (χ2n) is 7.15. The van der Waals surface area contributed by atoms with E-state index in [-0.39, 0.29) is 11.0 Å². The SMILES string of the molecule is COc1ccc(NC(=O)C(C)OC(=O)/C=C/c2c(C)nn(-c3ccc(F)cc3)c2Cl)cc1OC. The van der Waals surface area contributed by atoms with Crippen molar-refractivity contribution in [3.8, 4) is 17.2 Å². The molecular weight excluding hydrogens is 465 g/mol. The van der Waals surface area contributed by atoms with E-state index in [2.05, 4.69) is 10.4 Å². The minimum atomic E-state index is -1.07. The summed E-state index contributed by atoms with van der Waals surface area (Å²) in [6.07, 6.45) is 1.54. The lowest BCUT2D eigenvalue weighted by Gasteiger charge is -2.14. The van der Waals surface area contributed by atoms with Crippen LogP contribution in [0.5, 0.6) is 11.5 Å². The average molecular weight is 488 g/mol. The zero-order valence-electron chi connectivity index (χ0n) is 19.0. The minimum absolute atomic E-state index is 0.243. The summed E-state index contributed by atoms with van der Waals surface area (Å²) in [5, 5.41) is 7.22. The molecule has 0 spiro atoms. The molecule has 8 nitrogen and oxygen atoms in total. The molecule has 34 heavy (non-hydrogen) atoms. The van der Waals surface area contributed by atoms with Gasteiger partial charge in [-0.2, -0.15) is 5.10 Å². The van der Waals surface area contributed by atoms with Crippen molar-refractivity contribution in [2.24, 2.45) is 0 Å². The van der Waals surface area contributed by atoms with Crippen LogP contribution in [0.1, 0.15) is 18.2 Å². The standard InChI is InChI=1S/C24H23ClFN3O5/c1-14-19(23(25)29(28-14)18-8-5-16(26)6-9-18)10-12-22(30)34-15(2)24(31)27-17-7-11-20(32-3)21(13-17)33-4/h5-13,15H,1-4H3,(H,27,31)/b12-10+. The first kappa shape index (κ1) is 24.8. The highest BCUT2D eigenvalue weighted by atomic mass is 35.5. The molecule has 0 bridgehead atoms. The van der Waals surface area contributed by atoms with Gasteiger partial charge in [-0.25, -0.2) is 13.9 Å². The second kappa shape index (κ2) is 10.8. The van der Waals surface area contributed by atoms with E-state index in [1.807, 2.05) is 0 Å². The number of nitrogens with zero attached hydrogens (tertiary/aromatic N) is 2. The number of anilines is 1. The predicted octanol–water partition coefficient (Wildman–Crippen LogP) is 4.57. The molecule has 1 N–H and O–H groups in total. The number of aryl methyl sites for hydroxylation is 1. The van der Waals surface area contributed by atoms with E-state index in [4.69, 9.17) is 25.8 Å². The Labute approximate surface area is 200 Å². The molecule has 0 saturated carbocycles. The fraction of sp³-hybridized carbons (Fsp3) is 0.208. The molecule has 178 valence electrons. The third-order valence-corrected chi connectivity index (χ3v) is 5.18. The van der Waals surface area contributed by atoms with E-state index >= 15 is 0 Å². The van der Waals surface area contributed by atoms with Crippen LogP contribution < -0.4 is 14.8 Å². The topological polar surface area (TPSA) is 91.7 Å². The highest BCUT2D eigenvalue weighted by Gasteiger charge is 2.18. The molecule has 1 aromatic heterocycles. The second-order valence-corrected chi connectivity index (χ2v) is 7.51. The van der Waals surface area contributed by atoms with E-state index in [1.165, 1.54) is 56.2 Å². The molecule has 1 heterocycles. The van der Waals surface area contributed by atoms with Crippen LogP contribution in [-0.2, 0) is 14.3 Å². The first-order valence-corrected chi connectivity index (χ1v) is 10.5. The minimum Gasteiger partial charge on any atom is -0.493 e. The molecule has 1 amide bonds. The molecule has 1 unspecified atom stereocenters. The monoisotopic (exact) mass is 487 g/mol. The van der Waals surface area contributed by atoms with Gasteiger partial charge < -0.3 is 19.5 Å². The number of rotatable bonds is 8. The summed E-state index contributed by atoms with van der Waals surface area (Å²) in [5.74, 6) is -0.675. The Morgan fingerprint density at radius 3 is 2.44 bits per heavy atom. The number of hydrogen-bond donors (Lipinski definition) is 1. The number of nitrogens with one attached hydrogen (secondary N) is 1. The molecule has 0 aliphatic carbocycles. The van der Waals surface area contributed by atoms with Crippen LogP contribution in [0.3, 0.4) is 0 Å². The molecule has 0 aliphatic rings. The Morgan fingerprint density at radius 1 is 1.12 bits per heavy atom. The zero-order chi connectivity index (χ0) is 24.8. The lowest BCUT2D eigenvalue weighted by Crippen LogP contribution is -2.29. The quantitative estimate of drug-likeness (QED) is 0.369. The van der Waals surface area contributed by atoms with Crippen molar-refractivity contribution in [2.75, 3.05) is 19.5 Å². The number of carbonyl (C=O) groups excluding carboxylic acids is 2. The number of benzene rings is 2. The van der Waals surface area contributed by atoms with E-state index in [0.717, 1.165) is 6.08 Å². The fourth-order valence-electron chi connectivity index (χ4n) is 3.03. The van der Waals surface area contributed by atoms with Gasteiger partial charge in [-0.3, -0.25) is 4.79 Å². The van der Waals surface area contributed by atoms with Crippen LogP contribution in [-0.4, -0.2) is 42.0 Å². The summed E-state index contributed by atoms with van der Waals surface area (Å²) in [7, 11) is 2.99. The lowest BCUT2D eigenvalue weighted by atomic mass is 10.2. The van der Waals surface area contributed by atoms with Gasteiger partial charge in [-0.05, 0) is 56.3 Å². The van der Waals surface area contributed by atoms with Crippen molar-refractivity contribution in [2.45, 2.75) is 20.0 Å². The molecule has 0 fully saturated rings. The fourth-order valence-corrected chi connectivity index (χ4v) is 3.37. The first-order chi connectivity index (χ1) is 16.2. The maximum atomic E-state index is 13.2. The van der Waals surface area contributed by atoms with Crippen LogP contribution in [0.2, 0.25) is 5.15 Å². The molecule has 3 aromatic rings. The number of methoxy groups -OCH3 is 2. The summed E-state index contributed by atoms with van der Waals surface area (Å²) in [6.45, 7) is 3.17. The Bertz CT molecular complexity index is 1220. The number of amides is 1. The maximum Gasteiger partial charge on any atom is 0.331 e. The maximum absolute atomic E-state index is 13.2. The first-order valence-electron chi connectivity index (χ1n) is 10.2. The molecule has 2 aromatic carbocycles. The van der Waals surface area contributed by atoms with Gasteiger partial charge >= 0.3 is 5.97 Å². The third-order valence-electron chi connectivity index (χ3n) is 4.82. The third kappa shape index (κ3) is 5.74. The van der Waals surface area contributed by atoms with Gasteiger partial charge in [0, 0.05) is 23.4 Å². The molecule has 0 aliphatic heterocycles. The summed E-state index contributed by atoms with van der Waals surface area (Å²) >= 11 is 6.40. The van der Waals surface area contributed by atoms with E-state index in [0.29, 0.717) is 34.1 Å². The normalized spacial score (nSPS) is 11.8. The number of carbonyl (C=O) groups is 2. The van der Waals surface area contributed by atoms with Gasteiger partial charge in [0.15, 0.2) is 17.6 Å². The number of halogens is 2. The largest absolute Gasteiger partial charge is 0.493 e. The Hall–Kier alpha value is -3.85. The molecule has 1 atom stereocenters. The van der Waals surface area contributed by atoms with Crippen LogP contribution in [0.25, 0.3) is 11.8 Å². The van der Waals surface area contributed by atoms with Gasteiger partial charge in [-0.1, -0.05) is 11.6 Å². The number of esters is 1.